The van der Waals surface area contributed by atoms with E-state index in [0.717, 1.165) is 57.1 Å². The Hall–Kier alpha value is -0.420. The highest BCUT2D eigenvalue weighted by Crippen LogP contribution is 2.27. The number of hydrogen-bond donors (Lipinski definition) is 1. The number of nitrogens with one attached hydrogen (secondary N) is 1. The fraction of sp³-hybridized carbons (Fsp3) is 0.600. The Morgan fingerprint density at radius 2 is 1.67 bits per heavy atom. The second-order valence-electron chi connectivity index (χ2n) is 5.15. The minimum absolute atomic E-state index is 0. The van der Waals surface area contributed by atoms with E-state index in [1.807, 2.05) is 0 Å². The standard InChI is InChI=1S/C15H22F2N2.2ClH/c1-2-3-4-15(19-7-5-18-6-8-19)12-9-13(16)11-14(17)10-12;;/h9-11,15,18H,2-8H2,1H3;2*1H/t15-;;/m1../s1. The summed E-state index contributed by atoms with van der Waals surface area (Å²) in [6.07, 6.45) is 3.13. The molecule has 1 N–H and O–H groups in total. The van der Waals surface area contributed by atoms with Crippen molar-refractivity contribution < 1.29 is 8.78 Å². The third-order valence-electron chi connectivity index (χ3n) is 3.69. The fourth-order valence-electron chi connectivity index (χ4n) is 2.72. The van der Waals surface area contributed by atoms with E-state index in [1.165, 1.54) is 12.1 Å². The predicted molar refractivity (Wildman–Crippen MR) is 87.6 cm³/mol. The molecule has 1 heterocycles. The third kappa shape index (κ3) is 6.07. The van der Waals surface area contributed by atoms with Gasteiger partial charge in [-0.15, -0.1) is 24.8 Å². The van der Waals surface area contributed by atoms with Crippen molar-refractivity contribution in [3.63, 3.8) is 0 Å². The van der Waals surface area contributed by atoms with E-state index in [0.29, 0.717) is 0 Å². The number of rotatable bonds is 5. The van der Waals surface area contributed by atoms with Crippen molar-refractivity contribution in [1.82, 2.24) is 10.2 Å². The van der Waals surface area contributed by atoms with Gasteiger partial charge < -0.3 is 5.32 Å². The molecule has 0 aromatic heterocycles. The maximum atomic E-state index is 13.4. The molecule has 0 spiro atoms. The van der Waals surface area contributed by atoms with Crippen molar-refractivity contribution in [3.05, 3.63) is 35.4 Å². The average molecular weight is 341 g/mol. The Kier molecular flexibility index (Phi) is 10.1. The lowest BCUT2D eigenvalue weighted by atomic mass is 9.98. The summed E-state index contributed by atoms with van der Waals surface area (Å²) in [5.74, 6) is -0.960. The molecule has 0 bridgehead atoms. The minimum atomic E-state index is -0.480. The molecule has 2 nitrogen and oxygen atoms in total. The number of halogens is 4. The van der Waals surface area contributed by atoms with Crippen LogP contribution in [0.15, 0.2) is 18.2 Å². The zero-order valence-corrected chi connectivity index (χ0v) is 13.9. The topological polar surface area (TPSA) is 15.3 Å². The SMILES string of the molecule is CCCC[C@H](c1cc(F)cc(F)c1)N1CCNCC1.Cl.Cl. The summed E-state index contributed by atoms with van der Waals surface area (Å²) < 4.78 is 26.8. The van der Waals surface area contributed by atoms with Crippen molar-refractivity contribution >= 4 is 24.8 Å². The molecular weight excluding hydrogens is 317 g/mol. The Balaban J connectivity index is 0.00000200. The van der Waals surface area contributed by atoms with Gasteiger partial charge in [0.15, 0.2) is 0 Å². The Morgan fingerprint density at radius 1 is 1.10 bits per heavy atom. The first-order valence-electron chi connectivity index (χ1n) is 7.11. The number of benzene rings is 1. The van der Waals surface area contributed by atoms with Crippen LogP contribution in [0.4, 0.5) is 8.78 Å². The van der Waals surface area contributed by atoms with E-state index in [-0.39, 0.29) is 30.9 Å². The lowest BCUT2D eigenvalue weighted by molar-refractivity contribution is 0.162. The zero-order chi connectivity index (χ0) is 13.7. The van der Waals surface area contributed by atoms with Crippen LogP contribution in [0.1, 0.15) is 37.8 Å². The van der Waals surface area contributed by atoms with Gasteiger partial charge in [-0.3, -0.25) is 4.90 Å². The molecule has 1 aromatic rings. The molecule has 0 radical (unpaired) electrons. The van der Waals surface area contributed by atoms with Crippen LogP contribution in [-0.2, 0) is 0 Å². The first-order valence-corrected chi connectivity index (χ1v) is 7.11. The van der Waals surface area contributed by atoms with Gasteiger partial charge in [-0.25, -0.2) is 8.78 Å². The molecule has 0 aliphatic carbocycles. The Labute approximate surface area is 138 Å². The van der Waals surface area contributed by atoms with Gasteiger partial charge in [0.1, 0.15) is 11.6 Å². The third-order valence-corrected chi connectivity index (χ3v) is 3.69. The summed E-state index contributed by atoms with van der Waals surface area (Å²) in [7, 11) is 0. The number of nitrogens with zero attached hydrogens (tertiary/aromatic N) is 1. The van der Waals surface area contributed by atoms with Crippen LogP contribution in [0.25, 0.3) is 0 Å². The maximum absolute atomic E-state index is 13.4. The molecule has 1 atom stereocenters. The van der Waals surface area contributed by atoms with Crippen LogP contribution in [0.2, 0.25) is 0 Å². The van der Waals surface area contributed by atoms with Gasteiger partial charge in [0.2, 0.25) is 0 Å². The van der Waals surface area contributed by atoms with E-state index in [4.69, 9.17) is 0 Å². The van der Waals surface area contributed by atoms with Crippen LogP contribution in [0.5, 0.6) is 0 Å². The smallest absolute Gasteiger partial charge is 0.126 e. The van der Waals surface area contributed by atoms with Gasteiger partial charge in [-0.2, -0.15) is 0 Å². The molecule has 1 fully saturated rings. The maximum Gasteiger partial charge on any atom is 0.126 e. The van der Waals surface area contributed by atoms with Gasteiger partial charge in [0.05, 0.1) is 0 Å². The highest BCUT2D eigenvalue weighted by Gasteiger charge is 2.22. The molecule has 1 saturated heterocycles. The molecule has 0 amide bonds. The van der Waals surface area contributed by atoms with Crippen molar-refractivity contribution in [3.8, 4) is 0 Å². The number of piperazine rings is 1. The van der Waals surface area contributed by atoms with E-state index < -0.39 is 11.6 Å². The molecule has 0 unspecified atom stereocenters. The van der Waals surface area contributed by atoms with Crippen LogP contribution < -0.4 is 5.32 Å². The molecule has 1 aliphatic heterocycles. The van der Waals surface area contributed by atoms with Crippen LogP contribution >= 0.6 is 24.8 Å². The molecule has 122 valence electrons. The van der Waals surface area contributed by atoms with Gasteiger partial charge in [-0.1, -0.05) is 19.8 Å². The molecule has 0 saturated carbocycles. The van der Waals surface area contributed by atoms with Gasteiger partial charge in [0, 0.05) is 38.3 Å². The summed E-state index contributed by atoms with van der Waals surface area (Å²) in [6.45, 7) is 5.90. The molecule has 1 aliphatic rings. The number of hydrogen-bond acceptors (Lipinski definition) is 2. The largest absolute Gasteiger partial charge is 0.314 e. The fourth-order valence-corrected chi connectivity index (χ4v) is 2.72. The highest BCUT2D eigenvalue weighted by molar-refractivity contribution is 5.85. The molecule has 1 aromatic carbocycles. The molecule has 2 rings (SSSR count). The molecule has 21 heavy (non-hydrogen) atoms. The van der Waals surface area contributed by atoms with Crippen LogP contribution in [0, 0.1) is 11.6 Å². The first kappa shape index (κ1) is 20.6. The quantitative estimate of drug-likeness (QED) is 0.873. The van der Waals surface area contributed by atoms with Crippen LogP contribution in [-0.4, -0.2) is 31.1 Å². The lowest BCUT2D eigenvalue weighted by Gasteiger charge is -2.35. The van der Waals surface area contributed by atoms with Crippen molar-refractivity contribution in [2.45, 2.75) is 32.2 Å². The van der Waals surface area contributed by atoms with Crippen molar-refractivity contribution in [2.24, 2.45) is 0 Å². The van der Waals surface area contributed by atoms with Crippen molar-refractivity contribution in [2.75, 3.05) is 26.2 Å². The second kappa shape index (κ2) is 10.3. The van der Waals surface area contributed by atoms with E-state index in [9.17, 15) is 8.78 Å². The monoisotopic (exact) mass is 340 g/mol. The van der Waals surface area contributed by atoms with E-state index in [1.54, 1.807) is 0 Å². The average Bonchev–Trinajstić information content (AvgIpc) is 2.39. The van der Waals surface area contributed by atoms with E-state index in [2.05, 4.69) is 17.1 Å². The summed E-state index contributed by atoms with van der Waals surface area (Å²) in [5.41, 5.74) is 0.771. The highest BCUT2D eigenvalue weighted by atomic mass is 35.5. The summed E-state index contributed by atoms with van der Waals surface area (Å²) in [4.78, 5) is 2.33. The Morgan fingerprint density at radius 3 is 2.19 bits per heavy atom. The predicted octanol–water partition coefficient (Wildman–Crippen LogP) is 3.94. The summed E-state index contributed by atoms with van der Waals surface area (Å²) in [5, 5.41) is 3.31. The van der Waals surface area contributed by atoms with Gasteiger partial charge in [0.25, 0.3) is 0 Å². The second-order valence-corrected chi connectivity index (χ2v) is 5.15. The van der Waals surface area contributed by atoms with Crippen molar-refractivity contribution in [1.29, 1.82) is 0 Å². The van der Waals surface area contributed by atoms with Crippen LogP contribution in [0.3, 0.4) is 0 Å². The lowest BCUT2D eigenvalue weighted by Crippen LogP contribution is -2.45. The number of unbranched alkanes of at least 4 members (excludes halogenated alkanes) is 1. The minimum Gasteiger partial charge on any atom is -0.314 e. The van der Waals surface area contributed by atoms with E-state index >= 15 is 0 Å². The van der Waals surface area contributed by atoms with Gasteiger partial charge in [-0.05, 0) is 24.1 Å². The normalized spacial score (nSPS) is 16.7. The first-order chi connectivity index (χ1) is 9.20. The summed E-state index contributed by atoms with van der Waals surface area (Å²) >= 11 is 0. The molecular formula is C15H24Cl2F2N2. The molecule has 6 heteroatoms. The zero-order valence-electron chi connectivity index (χ0n) is 12.3. The Bertz CT molecular complexity index is 392. The van der Waals surface area contributed by atoms with Gasteiger partial charge >= 0.3 is 0 Å². The summed E-state index contributed by atoms with van der Waals surface area (Å²) in [6, 6.07) is 4.03.